The van der Waals surface area contributed by atoms with Crippen molar-refractivity contribution in [2.45, 2.75) is 0 Å². The highest BCUT2D eigenvalue weighted by molar-refractivity contribution is 6.16. The molecule has 0 saturated heterocycles. The van der Waals surface area contributed by atoms with Gasteiger partial charge in [-0.15, -0.1) is 0 Å². The van der Waals surface area contributed by atoms with Gasteiger partial charge in [0.05, 0.1) is 27.6 Å². The van der Waals surface area contributed by atoms with E-state index in [1.54, 1.807) is 0 Å². The molecule has 11 rings (SSSR count). The normalized spacial score (nSPS) is 12.2. The molecule has 7 aromatic carbocycles. The number of rotatable bonds is 3. The van der Waals surface area contributed by atoms with Crippen LogP contribution in [0.1, 0.15) is 0 Å². The van der Waals surface area contributed by atoms with Gasteiger partial charge in [0.25, 0.3) is 0 Å². The zero-order valence-electron chi connectivity index (χ0n) is 25.9. The molecule has 3 heterocycles. The van der Waals surface area contributed by atoms with Crippen molar-refractivity contribution >= 4 is 54.5 Å². The number of pyridine rings is 1. The highest BCUT2D eigenvalue weighted by Crippen LogP contribution is 2.48. The molecule has 0 amide bonds. The number of aromatic nitrogens is 3. The Morgan fingerprint density at radius 2 is 0.958 bits per heavy atom. The Bertz CT molecular complexity index is 2940. The molecule has 0 aliphatic heterocycles. The second-order valence-corrected chi connectivity index (χ2v) is 12.8. The van der Waals surface area contributed by atoms with E-state index >= 15 is 0 Å². The van der Waals surface area contributed by atoms with E-state index in [2.05, 4.69) is 167 Å². The van der Waals surface area contributed by atoms with Crippen molar-refractivity contribution in [2.24, 2.45) is 0 Å². The van der Waals surface area contributed by atoms with E-state index in [1.165, 1.54) is 88.1 Å². The third-order valence-corrected chi connectivity index (χ3v) is 10.3. The van der Waals surface area contributed by atoms with E-state index in [9.17, 15) is 0 Å². The molecule has 0 saturated carbocycles. The maximum absolute atomic E-state index is 4.88. The van der Waals surface area contributed by atoms with E-state index in [-0.39, 0.29) is 0 Å². The molecule has 0 fully saturated rings. The van der Waals surface area contributed by atoms with Crippen molar-refractivity contribution in [3.05, 3.63) is 164 Å². The van der Waals surface area contributed by atoms with Crippen molar-refractivity contribution in [1.82, 2.24) is 14.1 Å². The summed E-state index contributed by atoms with van der Waals surface area (Å²) < 4.78 is 4.80. The third-order valence-electron chi connectivity index (χ3n) is 10.3. The van der Waals surface area contributed by atoms with Gasteiger partial charge in [-0.2, -0.15) is 0 Å². The standard InChI is InChI=1S/C45H27N3/c1-2-10-30(11-3-1)47-42-17-9-7-15-35(42)38-24-28(19-21-43(38)47)29-18-20-36-34-14-6-8-16-41(34)48(44(36)25-29)31-26-39-33-13-5-4-12-32(33)37-22-23-46-40(27-31)45(37)39/h1-27H. The van der Waals surface area contributed by atoms with E-state index in [0.717, 1.165) is 11.2 Å². The first-order valence-electron chi connectivity index (χ1n) is 16.5. The molecular weight excluding hydrogens is 583 g/mol. The van der Waals surface area contributed by atoms with Gasteiger partial charge in [-0.25, -0.2) is 0 Å². The van der Waals surface area contributed by atoms with Gasteiger partial charge in [0, 0.05) is 44.5 Å². The van der Waals surface area contributed by atoms with Crippen LogP contribution < -0.4 is 0 Å². The van der Waals surface area contributed by atoms with Crippen LogP contribution in [0.4, 0.5) is 0 Å². The molecule has 1 aliphatic carbocycles. The van der Waals surface area contributed by atoms with Gasteiger partial charge in [-0.1, -0.05) is 97.1 Å². The summed E-state index contributed by atoms with van der Waals surface area (Å²) in [5.74, 6) is 0. The summed E-state index contributed by atoms with van der Waals surface area (Å²) in [6.07, 6.45) is 1.95. The summed E-state index contributed by atoms with van der Waals surface area (Å²) in [6, 6.07) is 57.5. The summed E-state index contributed by atoms with van der Waals surface area (Å²) in [5, 5.41) is 6.25. The molecule has 0 unspecified atom stereocenters. The average Bonchev–Trinajstić information content (AvgIpc) is 3.78. The van der Waals surface area contributed by atoms with Gasteiger partial charge in [-0.3, -0.25) is 4.98 Å². The number of fused-ring (bicyclic) bond motifs is 9. The van der Waals surface area contributed by atoms with Crippen LogP contribution in [0.25, 0.3) is 99.3 Å². The van der Waals surface area contributed by atoms with Crippen LogP contribution in [0.3, 0.4) is 0 Å². The average molecular weight is 610 g/mol. The van der Waals surface area contributed by atoms with Gasteiger partial charge < -0.3 is 9.13 Å². The molecule has 3 nitrogen and oxygen atoms in total. The van der Waals surface area contributed by atoms with Crippen LogP contribution >= 0.6 is 0 Å². The molecule has 0 spiro atoms. The summed E-state index contributed by atoms with van der Waals surface area (Å²) >= 11 is 0. The molecule has 222 valence electrons. The number of para-hydroxylation sites is 3. The van der Waals surface area contributed by atoms with E-state index in [0.29, 0.717) is 0 Å². The maximum atomic E-state index is 4.88. The molecular formula is C45H27N3. The van der Waals surface area contributed by atoms with Crippen LogP contribution in [0.15, 0.2) is 164 Å². The van der Waals surface area contributed by atoms with Crippen LogP contribution in [0.5, 0.6) is 0 Å². The lowest BCUT2D eigenvalue weighted by atomic mass is 10.0. The number of hydrogen-bond donors (Lipinski definition) is 0. The minimum Gasteiger partial charge on any atom is -0.309 e. The first-order valence-corrected chi connectivity index (χ1v) is 16.5. The van der Waals surface area contributed by atoms with Gasteiger partial charge in [0.2, 0.25) is 0 Å². The minimum absolute atomic E-state index is 1.03. The number of nitrogens with zero attached hydrogens (tertiary/aromatic N) is 3. The van der Waals surface area contributed by atoms with Crippen molar-refractivity contribution in [3.8, 4) is 44.8 Å². The second-order valence-electron chi connectivity index (χ2n) is 12.8. The van der Waals surface area contributed by atoms with Crippen molar-refractivity contribution < 1.29 is 0 Å². The monoisotopic (exact) mass is 609 g/mol. The van der Waals surface area contributed by atoms with Crippen LogP contribution in [-0.2, 0) is 0 Å². The predicted octanol–water partition coefficient (Wildman–Crippen LogP) is 11.7. The zero-order valence-corrected chi connectivity index (χ0v) is 25.9. The summed E-state index contributed by atoms with van der Waals surface area (Å²) in [6.45, 7) is 0. The fourth-order valence-corrected chi connectivity index (χ4v) is 8.23. The summed E-state index contributed by atoms with van der Waals surface area (Å²) in [5.41, 5.74) is 15.6. The highest BCUT2D eigenvalue weighted by Gasteiger charge is 2.24. The SMILES string of the molecule is c1ccc(-n2c3ccccc3c3cc(-c4ccc5c6ccccc6n(-c6cc7c8c(ccnc8c6)-c6ccccc6-7)c5c4)ccc32)cc1. The molecule has 0 radical (unpaired) electrons. The Morgan fingerprint density at radius 3 is 1.77 bits per heavy atom. The topological polar surface area (TPSA) is 22.8 Å². The summed E-state index contributed by atoms with van der Waals surface area (Å²) in [4.78, 5) is 4.88. The molecule has 0 bridgehead atoms. The largest absolute Gasteiger partial charge is 0.309 e. The predicted molar refractivity (Wildman–Crippen MR) is 200 cm³/mol. The summed E-state index contributed by atoms with van der Waals surface area (Å²) in [7, 11) is 0. The lowest BCUT2D eigenvalue weighted by Crippen LogP contribution is -1.95. The number of benzene rings is 7. The first-order chi connectivity index (χ1) is 23.8. The molecule has 48 heavy (non-hydrogen) atoms. The molecule has 0 atom stereocenters. The maximum Gasteiger partial charge on any atom is 0.0735 e. The quantitative estimate of drug-likeness (QED) is 0.195. The van der Waals surface area contributed by atoms with Gasteiger partial charge in [0.1, 0.15) is 0 Å². The number of hydrogen-bond acceptors (Lipinski definition) is 1. The van der Waals surface area contributed by atoms with E-state index < -0.39 is 0 Å². The smallest absolute Gasteiger partial charge is 0.0735 e. The van der Waals surface area contributed by atoms with Crippen molar-refractivity contribution in [1.29, 1.82) is 0 Å². The van der Waals surface area contributed by atoms with Crippen LogP contribution in [-0.4, -0.2) is 14.1 Å². The Labute approximate surface area is 276 Å². The molecule has 1 aliphatic rings. The van der Waals surface area contributed by atoms with Crippen LogP contribution in [0, 0.1) is 0 Å². The van der Waals surface area contributed by atoms with E-state index in [1.807, 2.05) is 6.20 Å². The second kappa shape index (κ2) is 9.54. The Morgan fingerprint density at radius 1 is 0.354 bits per heavy atom. The Kier molecular flexibility index (Phi) is 5.11. The van der Waals surface area contributed by atoms with Crippen LogP contribution in [0.2, 0.25) is 0 Å². The Hall–Kier alpha value is -6.45. The van der Waals surface area contributed by atoms with Crippen molar-refractivity contribution in [2.75, 3.05) is 0 Å². The fraction of sp³-hybridized carbons (Fsp3) is 0. The molecule has 3 heteroatoms. The molecule has 0 N–H and O–H groups in total. The van der Waals surface area contributed by atoms with Gasteiger partial charge >= 0.3 is 0 Å². The zero-order chi connectivity index (χ0) is 31.3. The lowest BCUT2D eigenvalue weighted by Gasteiger charge is -2.12. The molecule has 3 aromatic heterocycles. The first kappa shape index (κ1) is 25.7. The van der Waals surface area contributed by atoms with E-state index in [4.69, 9.17) is 4.98 Å². The third kappa shape index (κ3) is 3.45. The van der Waals surface area contributed by atoms with Gasteiger partial charge in [0.15, 0.2) is 0 Å². The highest BCUT2D eigenvalue weighted by atomic mass is 15.0. The fourth-order valence-electron chi connectivity index (χ4n) is 8.23. The minimum atomic E-state index is 1.03. The van der Waals surface area contributed by atoms with Gasteiger partial charge in [-0.05, 0) is 94.0 Å². The van der Waals surface area contributed by atoms with Crippen molar-refractivity contribution in [3.63, 3.8) is 0 Å². The molecule has 10 aromatic rings. The Balaban J connectivity index is 1.15. The lowest BCUT2D eigenvalue weighted by molar-refractivity contribution is 1.18.